The number of rotatable bonds is 11. The van der Waals surface area contributed by atoms with E-state index in [2.05, 4.69) is 0 Å². The Morgan fingerprint density at radius 2 is 1.70 bits per heavy atom. The summed E-state index contributed by atoms with van der Waals surface area (Å²) in [5, 5.41) is 5.29. The minimum atomic E-state index is -0.190. The smallest absolute Gasteiger partial charge is 0.255 e. The van der Waals surface area contributed by atoms with Crippen LogP contribution in [-0.4, -0.2) is 48.0 Å². The van der Waals surface area contributed by atoms with Gasteiger partial charge in [0, 0.05) is 19.7 Å². The van der Waals surface area contributed by atoms with Gasteiger partial charge in [-0.15, -0.1) is 0 Å². The van der Waals surface area contributed by atoms with Crippen molar-refractivity contribution in [3.63, 3.8) is 0 Å². The summed E-state index contributed by atoms with van der Waals surface area (Å²) in [6.45, 7) is 3.05. The van der Waals surface area contributed by atoms with Gasteiger partial charge >= 0.3 is 0 Å². The van der Waals surface area contributed by atoms with Crippen LogP contribution >= 0.6 is 11.6 Å². The molecule has 37 heavy (non-hydrogen) atoms. The molecule has 0 fully saturated rings. The Balaban J connectivity index is 1.80. The van der Waals surface area contributed by atoms with Crippen LogP contribution in [0.25, 0.3) is 5.69 Å². The van der Waals surface area contributed by atoms with Gasteiger partial charge in [0.15, 0.2) is 0 Å². The maximum Gasteiger partial charge on any atom is 0.255 e. The molecule has 1 heterocycles. The van der Waals surface area contributed by atoms with E-state index in [1.54, 1.807) is 48.1 Å². The fourth-order valence-corrected chi connectivity index (χ4v) is 4.21. The summed E-state index contributed by atoms with van der Waals surface area (Å²) in [5.74, 6) is 1.62. The highest BCUT2D eigenvalue weighted by atomic mass is 35.5. The normalized spacial score (nSPS) is 10.8. The molecule has 0 unspecified atom stereocenters. The van der Waals surface area contributed by atoms with Crippen molar-refractivity contribution in [2.45, 2.75) is 19.9 Å². The van der Waals surface area contributed by atoms with E-state index < -0.39 is 0 Å². The average Bonchev–Trinajstić information content (AvgIpc) is 3.28. The summed E-state index contributed by atoms with van der Waals surface area (Å²) in [5.41, 5.74) is 2.92. The molecule has 0 saturated carbocycles. The summed E-state index contributed by atoms with van der Waals surface area (Å²) in [6, 6.07) is 24.2. The molecule has 0 spiro atoms. The summed E-state index contributed by atoms with van der Waals surface area (Å²) in [6.07, 6.45) is 0.655. The number of hydrogen-bond donors (Lipinski definition) is 0. The number of para-hydroxylation sites is 1. The van der Waals surface area contributed by atoms with Crippen LogP contribution in [0.1, 0.15) is 28.5 Å². The zero-order valence-corrected chi connectivity index (χ0v) is 21.9. The van der Waals surface area contributed by atoms with Gasteiger partial charge in [-0.2, -0.15) is 5.10 Å². The van der Waals surface area contributed by atoms with E-state index >= 15 is 0 Å². The third-order valence-electron chi connectivity index (χ3n) is 5.92. The molecule has 192 valence electrons. The molecule has 0 saturated heterocycles. The fraction of sp³-hybridized carbons (Fsp3) is 0.241. The Morgan fingerprint density at radius 3 is 2.41 bits per heavy atom. The van der Waals surface area contributed by atoms with Crippen molar-refractivity contribution >= 4 is 17.5 Å². The van der Waals surface area contributed by atoms with Crippen LogP contribution in [0.15, 0.2) is 78.9 Å². The molecule has 1 aromatic heterocycles. The topological polar surface area (TPSA) is 65.8 Å². The van der Waals surface area contributed by atoms with Crippen LogP contribution in [0.2, 0.25) is 5.02 Å². The van der Waals surface area contributed by atoms with E-state index in [0.717, 1.165) is 16.9 Å². The lowest BCUT2D eigenvalue weighted by atomic mass is 10.1. The highest BCUT2D eigenvalue weighted by molar-refractivity contribution is 6.33. The lowest BCUT2D eigenvalue weighted by Gasteiger charge is -2.24. The number of ether oxygens (including phenoxy) is 3. The van der Waals surface area contributed by atoms with Crippen LogP contribution in [0.5, 0.6) is 17.4 Å². The number of halogens is 1. The summed E-state index contributed by atoms with van der Waals surface area (Å²) < 4.78 is 18.9. The molecule has 3 aromatic carbocycles. The number of benzene rings is 3. The number of methoxy groups -OCH3 is 2. The first-order chi connectivity index (χ1) is 18.0. The van der Waals surface area contributed by atoms with Gasteiger partial charge in [-0.25, -0.2) is 4.68 Å². The molecule has 0 bridgehead atoms. The molecule has 0 aliphatic carbocycles. The van der Waals surface area contributed by atoms with E-state index in [1.165, 1.54) is 0 Å². The SMILES string of the molecule is CCc1nn(-c2ccccc2)c(Oc2cccc(OC)c2)c1CN(CCOC)C(=O)c1ccccc1Cl. The zero-order valence-electron chi connectivity index (χ0n) is 21.2. The van der Waals surface area contributed by atoms with Gasteiger partial charge in [0.2, 0.25) is 5.88 Å². The molecule has 0 N–H and O–H groups in total. The number of aromatic nitrogens is 2. The van der Waals surface area contributed by atoms with Crippen LogP contribution in [0, 0.1) is 0 Å². The maximum atomic E-state index is 13.6. The third-order valence-corrected chi connectivity index (χ3v) is 6.25. The number of carbonyl (C=O) groups excluding carboxylic acids is 1. The molecule has 8 heteroatoms. The number of carbonyl (C=O) groups is 1. The monoisotopic (exact) mass is 519 g/mol. The Hall–Kier alpha value is -3.81. The molecular weight excluding hydrogens is 490 g/mol. The van der Waals surface area contributed by atoms with Gasteiger partial charge < -0.3 is 19.1 Å². The number of nitrogens with zero attached hydrogens (tertiary/aromatic N) is 3. The maximum absolute atomic E-state index is 13.6. The van der Waals surface area contributed by atoms with E-state index in [9.17, 15) is 4.79 Å². The lowest BCUT2D eigenvalue weighted by molar-refractivity contribution is 0.0679. The van der Waals surface area contributed by atoms with Crippen LogP contribution in [0.3, 0.4) is 0 Å². The highest BCUT2D eigenvalue weighted by Crippen LogP contribution is 2.34. The minimum Gasteiger partial charge on any atom is -0.497 e. The largest absolute Gasteiger partial charge is 0.497 e. The standard InChI is InChI=1S/C29H30ClN3O4/c1-4-27-25(20-32(17-18-35-2)28(34)24-15-8-9-16-26(24)30)29(33(31-27)21-11-6-5-7-12-21)37-23-14-10-13-22(19-23)36-3/h5-16,19H,4,17-18,20H2,1-3H3. The van der Waals surface area contributed by atoms with Gasteiger partial charge in [-0.1, -0.05) is 54.9 Å². The molecule has 0 atom stereocenters. The summed E-state index contributed by atoms with van der Waals surface area (Å²) >= 11 is 6.38. The second-order valence-corrected chi connectivity index (χ2v) is 8.72. The number of hydrogen-bond acceptors (Lipinski definition) is 5. The second kappa shape index (κ2) is 12.4. The van der Waals surface area contributed by atoms with Gasteiger partial charge in [0.25, 0.3) is 5.91 Å². The van der Waals surface area contributed by atoms with Crippen LogP contribution in [-0.2, 0) is 17.7 Å². The van der Waals surface area contributed by atoms with Crippen molar-refractivity contribution in [3.05, 3.63) is 101 Å². The van der Waals surface area contributed by atoms with Crippen molar-refractivity contribution < 1.29 is 19.0 Å². The molecule has 0 aliphatic rings. The van der Waals surface area contributed by atoms with E-state index in [0.29, 0.717) is 47.5 Å². The molecule has 4 aromatic rings. The van der Waals surface area contributed by atoms with Crippen molar-refractivity contribution in [1.82, 2.24) is 14.7 Å². The van der Waals surface area contributed by atoms with Gasteiger partial charge in [0.05, 0.1) is 47.8 Å². The fourth-order valence-electron chi connectivity index (χ4n) is 4.00. The van der Waals surface area contributed by atoms with E-state index in [1.807, 2.05) is 61.5 Å². The second-order valence-electron chi connectivity index (χ2n) is 8.31. The first-order valence-electron chi connectivity index (χ1n) is 12.1. The Morgan fingerprint density at radius 1 is 0.973 bits per heavy atom. The third kappa shape index (κ3) is 6.13. The van der Waals surface area contributed by atoms with Crippen molar-refractivity contribution in [1.29, 1.82) is 0 Å². The minimum absolute atomic E-state index is 0.190. The predicted molar refractivity (Wildman–Crippen MR) is 144 cm³/mol. The lowest BCUT2D eigenvalue weighted by Crippen LogP contribution is -2.34. The molecule has 0 aliphatic heterocycles. The molecule has 1 amide bonds. The molecular formula is C29H30ClN3O4. The highest BCUT2D eigenvalue weighted by Gasteiger charge is 2.26. The summed E-state index contributed by atoms with van der Waals surface area (Å²) in [7, 11) is 3.22. The Labute approximate surface area is 222 Å². The van der Waals surface area contributed by atoms with Gasteiger partial charge in [-0.3, -0.25) is 4.79 Å². The van der Waals surface area contributed by atoms with E-state index in [4.69, 9.17) is 30.9 Å². The molecule has 0 radical (unpaired) electrons. The van der Waals surface area contributed by atoms with Gasteiger partial charge in [-0.05, 0) is 42.8 Å². The number of amides is 1. The predicted octanol–water partition coefficient (Wildman–Crippen LogP) is 6.18. The van der Waals surface area contributed by atoms with E-state index in [-0.39, 0.29) is 12.5 Å². The average molecular weight is 520 g/mol. The van der Waals surface area contributed by atoms with Gasteiger partial charge in [0.1, 0.15) is 11.5 Å². The molecule has 4 rings (SSSR count). The van der Waals surface area contributed by atoms with Crippen LogP contribution in [0.4, 0.5) is 0 Å². The Bertz CT molecular complexity index is 1340. The number of aryl methyl sites for hydroxylation is 1. The first kappa shape index (κ1) is 26.3. The first-order valence-corrected chi connectivity index (χ1v) is 12.4. The zero-order chi connectivity index (χ0) is 26.2. The van der Waals surface area contributed by atoms with Crippen molar-refractivity contribution in [2.75, 3.05) is 27.4 Å². The quantitative estimate of drug-likeness (QED) is 0.237. The summed E-state index contributed by atoms with van der Waals surface area (Å²) in [4.78, 5) is 15.3. The van der Waals surface area contributed by atoms with Crippen molar-refractivity contribution in [3.8, 4) is 23.1 Å². The Kier molecular flexibility index (Phi) is 8.82. The van der Waals surface area contributed by atoms with Crippen LogP contribution < -0.4 is 9.47 Å². The molecule has 7 nitrogen and oxygen atoms in total. The van der Waals surface area contributed by atoms with Crippen molar-refractivity contribution in [2.24, 2.45) is 0 Å².